The highest BCUT2D eigenvalue weighted by atomic mass is 16.5. The number of carbonyl (C=O) groups is 2. The van der Waals surface area contributed by atoms with Crippen molar-refractivity contribution in [1.82, 2.24) is 4.90 Å². The van der Waals surface area contributed by atoms with Crippen molar-refractivity contribution in [2.24, 2.45) is 0 Å². The minimum Gasteiger partial charge on any atom is -0.468 e. The normalized spacial score (nSPS) is 17.0. The number of carbonyl (C=O) groups excluding carboxylic acids is 2. The van der Waals surface area contributed by atoms with E-state index < -0.39 is 0 Å². The van der Waals surface area contributed by atoms with E-state index in [1.165, 1.54) is 7.11 Å². The van der Waals surface area contributed by atoms with Crippen molar-refractivity contribution in [2.45, 2.75) is 38.8 Å². The van der Waals surface area contributed by atoms with E-state index in [4.69, 9.17) is 4.74 Å². The highest BCUT2D eigenvalue weighted by molar-refractivity contribution is 5.77. The van der Waals surface area contributed by atoms with Gasteiger partial charge in [-0.1, -0.05) is 0 Å². The number of hydrogen-bond donors (Lipinski definition) is 0. The number of nitrogens with zero attached hydrogens (tertiary/aromatic N) is 1. The van der Waals surface area contributed by atoms with Crippen LogP contribution in [0.1, 0.15) is 26.7 Å². The Labute approximate surface area is 95.7 Å². The van der Waals surface area contributed by atoms with Crippen molar-refractivity contribution in [3.63, 3.8) is 0 Å². The third-order valence-corrected chi connectivity index (χ3v) is 2.67. The van der Waals surface area contributed by atoms with Crippen molar-refractivity contribution < 1.29 is 19.1 Å². The minimum atomic E-state index is -0.387. The Balaban J connectivity index is 2.53. The van der Waals surface area contributed by atoms with Gasteiger partial charge in [-0.25, -0.2) is 0 Å². The second-order valence-corrected chi connectivity index (χ2v) is 3.91. The van der Waals surface area contributed by atoms with Gasteiger partial charge in [0, 0.05) is 6.04 Å². The summed E-state index contributed by atoms with van der Waals surface area (Å²) in [6, 6.07) is -0.0691. The van der Waals surface area contributed by atoms with Gasteiger partial charge in [-0.3, -0.25) is 14.5 Å². The summed E-state index contributed by atoms with van der Waals surface area (Å²) in [6.45, 7) is 4.05. The Hall–Kier alpha value is -1.10. The molecule has 0 aliphatic heterocycles. The number of methoxy groups -OCH3 is 1. The lowest BCUT2D eigenvalue weighted by atomic mass is 10.2. The van der Waals surface area contributed by atoms with Gasteiger partial charge >= 0.3 is 11.9 Å². The van der Waals surface area contributed by atoms with Crippen LogP contribution in [-0.4, -0.2) is 49.2 Å². The fourth-order valence-corrected chi connectivity index (χ4v) is 1.65. The van der Waals surface area contributed by atoms with Crippen LogP contribution in [0, 0.1) is 0 Å². The summed E-state index contributed by atoms with van der Waals surface area (Å²) < 4.78 is 9.56. The average Bonchev–Trinajstić information content (AvgIpc) is 3.08. The third kappa shape index (κ3) is 3.48. The fraction of sp³-hybridized carbons (Fsp3) is 0.818. The third-order valence-electron chi connectivity index (χ3n) is 2.67. The largest absolute Gasteiger partial charge is 0.468 e. The van der Waals surface area contributed by atoms with Gasteiger partial charge in [-0.2, -0.15) is 0 Å². The molecule has 1 aliphatic rings. The molecule has 1 fully saturated rings. The smallest absolute Gasteiger partial charge is 0.322 e. The highest BCUT2D eigenvalue weighted by Crippen LogP contribution is 2.28. The first kappa shape index (κ1) is 13.0. The van der Waals surface area contributed by atoms with Gasteiger partial charge in [0.1, 0.15) is 6.04 Å². The maximum Gasteiger partial charge on any atom is 0.322 e. The molecule has 5 nitrogen and oxygen atoms in total. The topological polar surface area (TPSA) is 55.8 Å². The van der Waals surface area contributed by atoms with Crippen molar-refractivity contribution >= 4 is 11.9 Å². The molecule has 0 amide bonds. The van der Waals surface area contributed by atoms with E-state index in [1.807, 2.05) is 4.90 Å². The highest BCUT2D eigenvalue weighted by Gasteiger charge is 2.36. The maximum absolute atomic E-state index is 11.4. The van der Waals surface area contributed by atoms with Gasteiger partial charge in [-0.05, 0) is 26.7 Å². The summed E-state index contributed by atoms with van der Waals surface area (Å²) in [5.74, 6) is -0.596. The van der Waals surface area contributed by atoms with Crippen LogP contribution in [0.5, 0.6) is 0 Å². The Morgan fingerprint density at radius 3 is 2.50 bits per heavy atom. The number of rotatable bonds is 6. The molecule has 0 aromatic carbocycles. The number of hydrogen-bond acceptors (Lipinski definition) is 5. The van der Waals surface area contributed by atoms with Gasteiger partial charge < -0.3 is 9.47 Å². The van der Waals surface area contributed by atoms with Crippen molar-refractivity contribution in [3.8, 4) is 0 Å². The SMILES string of the molecule is CCOC(=O)CN(C1CC1)C(C)C(=O)OC. The summed E-state index contributed by atoms with van der Waals surface area (Å²) in [6.07, 6.45) is 2.06. The maximum atomic E-state index is 11.4. The lowest BCUT2D eigenvalue weighted by Gasteiger charge is -2.25. The van der Waals surface area contributed by atoms with E-state index in [2.05, 4.69) is 4.74 Å². The Kier molecular flexibility index (Phi) is 4.73. The molecule has 1 aliphatic carbocycles. The van der Waals surface area contributed by atoms with E-state index in [9.17, 15) is 9.59 Å². The van der Waals surface area contributed by atoms with E-state index in [-0.39, 0.29) is 24.5 Å². The summed E-state index contributed by atoms with van der Waals surface area (Å²) in [5, 5.41) is 0. The molecule has 0 N–H and O–H groups in total. The summed E-state index contributed by atoms with van der Waals surface area (Å²) in [5.41, 5.74) is 0. The van der Waals surface area contributed by atoms with Crippen LogP contribution in [-0.2, 0) is 19.1 Å². The minimum absolute atomic E-state index is 0.161. The lowest BCUT2D eigenvalue weighted by Crippen LogP contribution is -2.44. The zero-order valence-corrected chi connectivity index (χ0v) is 10.1. The van der Waals surface area contributed by atoms with Crippen LogP contribution in [0.2, 0.25) is 0 Å². The molecular formula is C11H19NO4. The standard InChI is InChI=1S/C11H19NO4/c1-4-16-10(13)7-12(9-5-6-9)8(2)11(14)15-3/h8-9H,4-7H2,1-3H3. The van der Waals surface area contributed by atoms with Crippen molar-refractivity contribution in [1.29, 1.82) is 0 Å². The zero-order valence-electron chi connectivity index (χ0n) is 10.1. The van der Waals surface area contributed by atoms with Gasteiger partial charge in [0.25, 0.3) is 0 Å². The Morgan fingerprint density at radius 1 is 1.44 bits per heavy atom. The van der Waals surface area contributed by atoms with Crippen LogP contribution in [0.25, 0.3) is 0 Å². The van der Waals surface area contributed by atoms with Gasteiger partial charge in [0.05, 0.1) is 20.3 Å². The van der Waals surface area contributed by atoms with Crippen LogP contribution in [0.15, 0.2) is 0 Å². The zero-order chi connectivity index (χ0) is 12.1. The van der Waals surface area contributed by atoms with Crippen molar-refractivity contribution in [3.05, 3.63) is 0 Å². The quantitative estimate of drug-likeness (QED) is 0.623. The Morgan fingerprint density at radius 2 is 2.06 bits per heavy atom. The molecule has 0 bridgehead atoms. The predicted molar refractivity (Wildman–Crippen MR) is 57.8 cm³/mol. The van der Waals surface area contributed by atoms with Gasteiger partial charge in [-0.15, -0.1) is 0 Å². The molecule has 1 saturated carbocycles. The number of ether oxygens (including phenoxy) is 2. The molecule has 0 radical (unpaired) electrons. The van der Waals surface area contributed by atoms with Crippen molar-refractivity contribution in [2.75, 3.05) is 20.3 Å². The summed E-state index contributed by atoms with van der Waals surface area (Å²) >= 11 is 0. The molecule has 0 heterocycles. The molecule has 0 aromatic rings. The molecule has 0 saturated heterocycles. The molecule has 1 rings (SSSR count). The van der Waals surface area contributed by atoms with Crippen LogP contribution >= 0.6 is 0 Å². The number of esters is 2. The van der Waals surface area contributed by atoms with Gasteiger partial charge in [0.2, 0.25) is 0 Å². The monoisotopic (exact) mass is 229 g/mol. The molecule has 1 atom stereocenters. The molecule has 1 unspecified atom stereocenters. The van der Waals surface area contributed by atoms with E-state index >= 15 is 0 Å². The molecule has 5 heteroatoms. The molecule has 92 valence electrons. The summed E-state index contributed by atoms with van der Waals surface area (Å²) in [4.78, 5) is 24.6. The fourth-order valence-electron chi connectivity index (χ4n) is 1.65. The van der Waals surface area contributed by atoms with Crippen LogP contribution in [0.3, 0.4) is 0 Å². The average molecular weight is 229 g/mol. The molecule has 0 aromatic heterocycles. The molecule has 0 spiro atoms. The Bertz CT molecular complexity index is 263. The molecule has 16 heavy (non-hydrogen) atoms. The molecular weight excluding hydrogens is 210 g/mol. The predicted octanol–water partition coefficient (Wildman–Crippen LogP) is 0.575. The van der Waals surface area contributed by atoms with Crippen LogP contribution < -0.4 is 0 Å². The van der Waals surface area contributed by atoms with E-state index in [0.717, 1.165) is 12.8 Å². The second kappa shape index (κ2) is 5.84. The van der Waals surface area contributed by atoms with Crippen LogP contribution in [0.4, 0.5) is 0 Å². The first-order chi connectivity index (χ1) is 7.60. The van der Waals surface area contributed by atoms with E-state index in [1.54, 1.807) is 13.8 Å². The van der Waals surface area contributed by atoms with E-state index in [0.29, 0.717) is 12.6 Å². The second-order valence-electron chi connectivity index (χ2n) is 3.91. The summed E-state index contributed by atoms with van der Waals surface area (Å²) in [7, 11) is 1.36. The first-order valence-corrected chi connectivity index (χ1v) is 5.59. The first-order valence-electron chi connectivity index (χ1n) is 5.59. The lowest BCUT2D eigenvalue weighted by molar-refractivity contribution is -0.150. The van der Waals surface area contributed by atoms with Gasteiger partial charge in [0.15, 0.2) is 0 Å².